The number of rotatable bonds is 3. The molecule has 7 heteroatoms. The molecule has 1 aromatic rings. The first kappa shape index (κ1) is 13.5. The lowest BCUT2D eigenvalue weighted by molar-refractivity contribution is -0.134. The number of fused-ring (bicyclic) bond motifs is 1. The van der Waals surface area contributed by atoms with Crippen LogP contribution in [-0.2, 0) is 19.1 Å². The van der Waals surface area contributed by atoms with Crippen LogP contribution in [0.15, 0.2) is 16.6 Å². The van der Waals surface area contributed by atoms with Crippen molar-refractivity contribution < 1.29 is 33.4 Å². The Hall–Kier alpha value is -2.96. The Balaban J connectivity index is 2.53. The molecule has 0 amide bonds. The third-order valence-electron chi connectivity index (χ3n) is 2.55. The van der Waals surface area contributed by atoms with E-state index in [1.165, 1.54) is 0 Å². The molecule has 7 nitrogen and oxygen atoms in total. The summed E-state index contributed by atoms with van der Waals surface area (Å²) in [5, 5.41) is 9.57. The number of hydrogen-bond acceptors (Lipinski definition) is 7. The number of ether oxygens (including phenoxy) is 1. The zero-order valence-electron chi connectivity index (χ0n) is 10.2. The monoisotopic (exact) mass is 276 g/mol. The van der Waals surface area contributed by atoms with Gasteiger partial charge >= 0.3 is 5.97 Å². The highest BCUT2D eigenvalue weighted by Crippen LogP contribution is 2.12. The van der Waals surface area contributed by atoms with Crippen molar-refractivity contribution >= 4 is 35.5 Å². The third-order valence-corrected chi connectivity index (χ3v) is 2.55. The minimum Gasteiger partial charge on any atom is -0.480 e. The summed E-state index contributed by atoms with van der Waals surface area (Å²) in [6, 6.07) is 0. The van der Waals surface area contributed by atoms with Crippen molar-refractivity contribution in [2.45, 2.75) is 0 Å². The molecular weight excluding hydrogens is 268 g/mol. The molecule has 1 aromatic heterocycles. The average molecular weight is 276 g/mol. The summed E-state index contributed by atoms with van der Waals surface area (Å²) in [7, 11) is 1.14. The van der Waals surface area contributed by atoms with E-state index in [9.17, 15) is 24.3 Å². The molecule has 0 aromatic carbocycles. The summed E-state index contributed by atoms with van der Waals surface area (Å²) in [6.07, 6.45) is 3.52. The Labute approximate surface area is 111 Å². The molecule has 0 fully saturated rings. The maximum atomic E-state index is 11.9. The normalized spacial score (nSPS) is 13.7. The van der Waals surface area contributed by atoms with E-state index in [2.05, 4.69) is 4.74 Å². The molecule has 0 atom stereocenters. The van der Waals surface area contributed by atoms with Crippen LogP contribution in [0.2, 0.25) is 0 Å². The highest BCUT2D eigenvalue weighted by Gasteiger charge is 2.22. The van der Waals surface area contributed by atoms with E-state index >= 15 is 0 Å². The number of esters is 1. The van der Waals surface area contributed by atoms with Gasteiger partial charge in [0.2, 0.25) is 11.6 Å². The first-order valence-corrected chi connectivity index (χ1v) is 5.38. The van der Waals surface area contributed by atoms with Gasteiger partial charge in [0, 0.05) is 23.4 Å². The van der Waals surface area contributed by atoms with Gasteiger partial charge in [0.15, 0.2) is 5.78 Å². The van der Waals surface area contributed by atoms with Crippen molar-refractivity contribution in [2.24, 2.45) is 0 Å². The number of furan rings is 1. The van der Waals surface area contributed by atoms with Gasteiger partial charge < -0.3 is 14.3 Å². The van der Waals surface area contributed by atoms with Crippen LogP contribution in [0.4, 0.5) is 0 Å². The Morgan fingerprint density at radius 1 is 1.20 bits per heavy atom. The summed E-state index contributed by atoms with van der Waals surface area (Å²) in [4.78, 5) is 45.2. The molecule has 2 rings (SSSR count). The number of carbonyl (C=O) groups excluding carboxylic acids is 4. The van der Waals surface area contributed by atoms with E-state index in [0.29, 0.717) is 0 Å². The molecule has 0 spiro atoms. The number of hydrogen-bond donors (Lipinski definition) is 1. The van der Waals surface area contributed by atoms with Crippen molar-refractivity contribution in [3.8, 4) is 5.95 Å². The SMILES string of the molecule is COC(=O)/C=C\C(=O)c1c(O)oc2c1=CC(=O)C(=O)C=2. The fourth-order valence-electron chi connectivity index (χ4n) is 1.62. The summed E-state index contributed by atoms with van der Waals surface area (Å²) < 4.78 is 9.15. The number of allylic oxidation sites excluding steroid dienone is 1. The van der Waals surface area contributed by atoms with E-state index in [1.54, 1.807) is 0 Å². The summed E-state index contributed by atoms with van der Waals surface area (Å²) in [5.41, 5.74) is -0.376. The topological polar surface area (TPSA) is 111 Å². The van der Waals surface area contributed by atoms with Gasteiger partial charge in [0.05, 0.1) is 7.11 Å². The molecular formula is C13H8O7. The molecule has 1 aliphatic carbocycles. The van der Waals surface area contributed by atoms with Crippen molar-refractivity contribution in [2.75, 3.05) is 7.11 Å². The summed E-state index contributed by atoms with van der Waals surface area (Å²) in [5.74, 6) is -3.88. The van der Waals surface area contributed by atoms with Crippen LogP contribution in [0.1, 0.15) is 10.4 Å². The van der Waals surface area contributed by atoms with Crippen LogP contribution in [0.25, 0.3) is 12.2 Å². The molecule has 0 aliphatic heterocycles. The van der Waals surface area contributed by atoms with E-state index in [0.717, 1.165) is 31.4 Å². The summed E-state index contributed by atoms with van der Waals surface area (Å²) >= 11 is 0. The van der Waals surface area contributed by atoms with Crippen molar-refractivity contribution in [3.63, 3.8) is 0 Å². The van der Waals surface area contributed by atoms with Crippen LogP contribution in [-0.4, -0.2) is 35.5 Å². The quantitative estimate of drug-likeness (QED) is 0.313. The third kappa shape index (κ3) is 2.28. The number of ketones is 3. The molecule has 1 aliphatic rings. The Morgan fingerprint density at radius 2 is 1.85 bits per heavy atom. The smallest absolute Gasteiger partial charge is 0.330 e. The Bertz CT molecular complexity index is 776. The molecule has 0 radical (unpaired) electrons. The predicted octanol–water partition coefficient (Wildman–Crippen LogP) is -1.39. The van der Waals surface area contributed by atoms with Gasteiger partial charge in [0.1, 0.15) is 11.0 Å². The summed E-state index contributed by atoms with van der Waals surface area (Å²) in [6.45, 7) is 0. The zero-order valence-corrected chi connectivity index (χ0v) is 10.2. The van der Waals surface area contributed by atoms with Crippen molar-refractivity contribution in [1.29, 1.82) is 0 Å². The molecule has 0 bridgehead atoms. The molecule has 1 N–H and O–H groups in total. The Kier molecular flexibility index (Phi) is 3.34. The number of methoxy groups -OCH3 is 1. The van der Waals surface area contributed by atoms with E-state index in [4.69, 9.17) is 4.42 Å². The minimum absolute atomic E-state index is 0.00613. The van der Waals surface area contributed by atoms with E-state index in [-0.39, 0.29) is 16.2 Å². The van der Waals surface area contributed by atoms with Gasteiger partial charge in [-0.25, -0.2) is 4.79 Å². The van der Waals surface area contributed by atoms with Crippen LogP contribution in [0.5, 0.6) is 5.95 Å². The fourth-order valence-corrected chi connectivity index (χ4v) is 1.62. The maximum absolute atomic E-state index is 11.9. The van der Waals surface area contributed by atoms with Crippen molar-refractivity contribution in [3.05, 3.63) is 28.3 Å². The second-order valence-electron chi connectivity index (χ2n) is 3.80. The van der Waals surface area contributed by atoms with Crippen LogP contribution < -0.4 is 10.6 Å². The van der Waals surface area contributed by atoms with Gasteiger partial charge in [-0.3, -0.25) is 14.4 Å². The minimum atomic E-state index is -0.829. The van der Waals surface area contributed by atoms with Gasteiger partial charge in [-0.1, -0.05) is 0 Å². The molecule has 1 heterocycles. The average Bonchev–Trinajstić information content (AvgIpc) is 2.71. The zero-order chi connectivity index (χ0) is 14.9. The van der Waals surface area contributed by atoms with E-state index < -0.39 is 29.3 Å². The molecule has 20 heavy (non-hydrogen) atoms. The van der Waals surface area contributed by atoms with Crippen LogP contribution in [0, 0.1) is 0 Å². The lowest BCUT2D eigenvalue weighted by atomic mass is 10.1. The predicted molar refractivity (Wildman–Crippen MR) is 64.1 cm³/mol. The van der Waals surface area contributed by atoms with Crippen molar-refractivity contribution in [1.82, 2.24) is 0 Å². The molecule has 0 saturated heterocycles. The lowest BCUT2D eigenvalue weighted by Crippen LogP contribution is -2.33. The highest BCUT2D eigenvalue weighted by atomic mass is 16.5. The van der Waals surface area contributed by atoms with Crippen LogP contribution in [0.3, 0.4) is 0 Å². The van der Waals surface area contributed by atoms with E-state index in [1.807, 2.05) is 0 Å². The largest absolute Gasteiger partial charge is 0.480 e. The second-order valence-corrected chi connectivity index (χ2v) is 3.80. The lowest BCUT2D eigenvalue weighted by Gasteiger charge is -1.94. The number of aromatic hydroxyl groups is 1. The molecule has 0 unspecified atom stereocenters. The van der Waals surface area contributed by atoms with Gasteiger partial charge in [0.25, 0.3) is 5.95 Å². The first-order chi connectivity index (χ1) is 9.43. The number of carbonyl (C=O) groups is 4. The number of Topliss-reactive ketones (excluding diaryl/α,β-unsaturated/α-hetero) is 2. The van der Waals surface area contributed by atoms with Gasteiger partial charge in [-0.2, -0.15) is 0 Å². The second kappa shape index (κ2) is 4.96. The standard InChI is InChI=1S/C13H8O7/c1-19-11(17)3-2-7(14)12-6-4-8(15)9(16)5-10(6)20-13(12)18/h2-5,18H,1H3/b3-2-. The van der Waals surface area contributed by atoms with Gasteiger partial charge in [-0.05, 0) is 6.08 Å². The highest BCUT2D eigenvalue weighted by molar-refractivity contribution is 6.57. The van der Waals surface area contributed by atoms with Gasteiger partial charge in [-0.15, -0.1) is 0 Å². The molecule has 102 valence electrons. The molecule has 0 saturated carbocycles. The Morgan fingerprint density at radius 3 is 2.50 bits per heavy atom. The fraction of sp³-hybridized carbons (Fsp3) is 0.0769. The van der Waals surface area contributed by atoms with Crippen LogP contribution >= 0.6 is 0 Å². The maximum Gasteiger partial charge on any atom is 0.330 e. The first-order valence-electron chi connectivity index (χ1n) is 5.38.